The maximum atomic E-state index is 14.4. The first-order chi connectivity index (χ1) is 17.7. The van der Waals surface area contributed by atoms with E-state index in [4.69, 9.17) is 11.6 Å². The first kappa shape index (κ1) is 24.3. The van der Waals surface area contributed by atoms with E-state index in [1.807, 2.05) is 0 Å². The highest BCUT2D eigenvalue weighted by Gasteiger charge is 2.27. The van der Waals surface area contributed by atoms with Crippen LogP contribution in [0.5, 0.6) is 0 Å². The average Bonchev–Trinajstić information content (AvgIpc) is 3.46. The average molecular weight is 526 g/mol. The van der Waals surface area contributed by atoms with Gasteiger partial charge in [0.05, 0.1) is 22.8 Å². The fraction of sp³-hybridized carbons (Fsp3) is 0.160. The Morgan fingerprint density at radius 1 is 1.08 bits per heavy atom. The molecule has 0 unspecified atom stereocenters. The van der Waals surface area contributed by atoms with Gasteiger partial charge in [-0.25, -0.2) is 23.1 Å². The largest absolute Gasteiger partial charge is 0.478 e. The van der Waals surface area contributed by atoms with E-state index < -0.39 is 35.5 Å². The Morgan fingerprint density at radius 3 is 2.65 bits per heavy atom. The standard InChI is InChI=1S/C25H18ClF2N5O4/c26-16-7-12(1-5-17(16)27)10-29-23(34)20-9-21(33-22(31-20)18(28)11-30-33)24(35)32-19-6-3-13-8-14(25(36)37)2-4-15(13)19/h1-2,4-5,7-9,11,19H,3,6,10H2,(H,29,34)(H,32,35)(H,36,37)/t19-/m0/s1. The number of fused-ring (bicyclic) bond motifs is 2. The minimum Gasteiger partial charge on any atom is -0.478 e. The number of carbonyl (C=O) groups excluding carboxylic acids is 2. The number of carboxylic acid groups (broad SMARTS) is 1. The van der Waals surface area contributed by atoms with E-state index in [1.54, 1.807) is 12.1 Å². The van der Waals surface area contributed by atoms with E-state index in [2.05, 4.69) is 20.7 Å². The van der Waals surface area contributed by atoms with Crippen molar-refractivity contribution in [3.8, 4) is 0 Å². The van der Waals surface area contributed by atoms with Crippen molar-refractivity contribution in [1.82, 2.24) is 25.2 Å². The zero-order valence-electron chi connectivity index (χ0n) is 19.0. The van der Waals surface area contributed by atoms with Gasteiger partial charge in [0.1, 0.15) is 17.2 Å². The van der Waals surface area contributed by atoms with Crippen molar-refractivity contribution in [3.05, 3.63) is 99.0 Å². The molecule has 0 radical (unpaired) electrons. The molecule has 4 aromatic rings. The topological polar surface area (TPSA) is 126 Å². The number of benzene rings is 2. The molecule has 37 heavy (non-hydrogen) atoms. The highest BCUT2D eigenvalue weighted by Crippen LogP contribution is 2.32. The summed E-state index contributed by atoms with van der Waals surface area (Å²) in [5, 5.41) is 18.4. The first-order valence-electron chi connectivity index (χ1n) is 11.1. The molecule has 188 valence electrons. The maximum absolute atomic E-state index is 14.4. The monoisotopic (exact) mass is 525 g/mol. The minimum absolute atomic E-state index is 0.00778. The van der Waals surface area contributed by atoms with Crippen molar-refractivity contribution in [2.45, 2.75) is 25.4 Å². The van der Waals surface area contributed by atoms with Crippen LogP contribution in [0.3, 0.4) is 0 Å². The van der Waals surface area contributed by atoms with Crippen LogP contribution in [0.15, 0.2) is 48.7 Å². The van der Waals surface area contributed by atoms with Crippen molar-refractivity contribution in [2.75, 3.05) is 0 Å². The maximum Gasteiger partial charge on any atom is 0.335 e. The van der Waals surface area contributed by atoms with Gasteiger partial charge in [0.2, 0.25) is 0 Å². The molecule has 2 aromatic carbocycles. The quantitative estimate of drug-likeness (QED) is 0.352. The summed E-state index contributed by atoms with van der Waals surface area (Å²) >= 11 is 5.77. The van der Waals surface area contributed by atoms with Crippen LogP contribution < -0.4 is 10.6 Å². The summed E-state index contributed by atoms with van der Waals surface area (Å²) in [4.78, 5) is 41.3. The molecule has 0 saturated carbocycles. The lowest BCUT2D eigenvalue weighted by Gasteiger charge is -2.15. The molecular formula is C25H18ClF2N5O4. The van der Waals surface area contributed by atoms with Gasteiger partial charge >= 0.3 is 5.97 Å². The molecule has 2 heterocycles. The highest BCUT2D eigenvalue weighted by atomic mass is 35.5. The Kier molecular flexibility index (Phi) is 6.30. The molecule has 0 saturated heterocycles. The highest BCUT2D eigenvalue weighted by molar-refractivity contribution is 6.30. The Balaban J connectivity index is 1.39. The molecular weight excluding hydrogens is 508 g/mol. The molecule has 3 N–H and O–H groups in total. The third kappa shape index (κ3) is 4.73. The number of aromatic nitrogens is 3. The third-order valence-electron chi connectivity index (χ3n) is 6.10. The predicted octanol–water partition coefficient (Wildman–Crippen LogP) is 3.71. The van der Waals surface area contributed by atoms with Gasteiger partial charge in [-0.1, -0.05) is 23.7 Å². The van der Waals surface area contributed by atoms with Crippen molar-refractivity contribution < 1.29 is 28.3 Å². The van der Waals surface area contributed by atoms with Crippen LogP contribution in [0.1, 0.15) is 60.5 Å². The molecule has 12 heteroatoms. The van der Waals surface area contributed by atoms with E-state index in [0.29, 0.717) is 18.4 Å². The second kappa shape index (κ2) is 9.58. The Hall–Kier alpha value is -4.38. The number of nitrogens with one attached hydrogen (secondary N) is 2. The lowest BCUT2D eigenvalue weighted by atomic mass is 10.0. The second-order valence-corrected chi connectivity index (χ2v) is 8.88. The summed E-state index contributed by atoms with van der Waals surface area (Å²) in [7, 11) is 0. The lowest BCUT2D eigenvalue weighted by Crippen LogP contribution is -2.30. The van der Waals surface area contributed by atoms with Crippen LogP contribution in [0.2, 0.25) is 5.02 Å². The Bertz CT molecular complexity index is 1590. The van der Waals surface area contributed by atoms with E-state index in [1.165, 1.54) is 30.3 Å². The molecule has 9 nitrogen and oxygen atoms in total. The molecule has 1 aliphatic rings. The van der Waals surface area contributed by atoms with Crippen LogP contribution in [-0.2, 0) is 13.0 Å². The number of hydrogen-bond acceptors (Lipinski definition) is 5. The number of hydrogen-bond donors (Lipinski definition) is 3. The number of aryl methyl sites for hydroxylation is 1. The summed E-state index contributed by atoms with van der Waals surface area (Å²) in [6, 6.07) is 9.48. The fourth-order valence-electron chi connectivity index (χ4n) is 4.27. The van der Waals surface area contributed by atoms with Crippen molar-refractivity contribution >= 4 is 35.0 Å². The van der Waals surface area contributed by atoms with E-state index in [0.717, 1.165) is 21.8 Å². The third-order valence-corrected chi connectivity index (χ3v) is 6.39. The molecule has 1 atom stereocenters. The smallest absolute Gasteiger partial charge is 0.335 e. The summed E-state index contributed by atoms with van der Waals surface area (Å²) in [6.45, 7) is -0.00778. The molecule has 0 aliphatic heterocycles. The summed E-state index contributed by atoms with van der Waals surface area (Å²) < 4.78 is 28.7. The van der Waals surface area contributed by atoms with Crippen LogP contribution in [0.25, 0.3) is 5.65 Å². The van der Waals surface area contributed by atoms with E-state index in [9.17, 15) is 28.3 Å². The van der Waals surface area contributed by atoms with Gasteiger partial charge in [0, 0.05) is 12.6 Å². The molecule has 1 aliphatic carbocycles. The van der Waals surface area contributed by atoms with Crippen LogP contribution in [0.4, 0.5) is 8.78 Å². The van der Waals surface area contributed by atoms with Gasteiger partial charge in [-0.2, -0.15) is 5.10 Å². The van der Waals surface area contributed by atoms with Gasteiger partial charge in [0.15, 0.2) is 11.5 Å². The predicted molar refractivity (Wildman–Crippen MR) is 127 cm³/mol. The van der Waals surface area contributed by atoms with Gasteiger partial charge in [-0.15, -0.1) is 0 Å². The zero-order chi connectivity index (χ0) is 26.3. The minimum atomic E-state index is -1.04. The number of nitrogens with zero attached hydrogens (tertiary/aromatic N) is 3. The van der Waals surface area contributed by atoms with E-state index >= 15 is 0 Å². The molecule has 2 amide bonds. The number of halogens is 3. The summed E-state index contributed by atoms with van der Waals surface area (Å²) in [5.74, 6) is -3.76. The number of rotatable bonds is 6. The number of aromatic carboxylic acids is 1. The van der Waals surface area contributed by atoms with Crippen molar-refractivity contribution in [1.29, 1.82) is 0 Å². The van der Waals surface area contributed by atoms with Crippen LogP contribution >= 0.6 is 11.6 Å². The lowest BCUT2D eigenvalue weighted by molar-refractivity contribution is 0.0696. The molecule has 0 spiro atoms. The number of carbonyl (C=O) groups is 3. The second-order valence-electron chi connectivity index (χ2n) is 8.47. The first-order valence-corrected chi connectivity index (χ1v) is 11.5. The van der Waals surface area contributed by atoms with Crippen molar-refractivity contribution in [2.24, 2.45) is 0 Å². The van der Waals surface area contributed by atoms with Crippen LogP contribution in [0, 0.1) is 11.6 Å². The van der Waals surface area contributed by atoms with Crippen LogP contribution in [-0.4, -0.2) is 37.5 Å². The Morgan fingerprint density at radius 2 is 1.89 bits per heavy atom. The van der Waals surface area contributed by atoms with Gasteiger partial charge in [-0.3, -0.25) is 9.59 Å². The summed E-state index contributed by atoms with van der Waals surface area (Å²) in [5.41, 5.74) is 1.65. The zero-order valence-corrected chi connectivity index (χ0v) is 19.7. The van der Waals surface area contributed by atoms with Gasteiger partial charge < -0.3 is 15.7 Å². The van der Waals surface area contributed by atoms with E-state index in [-0.39, 0.29) is 34.2 Å². The normalized spacial score (nSPS) is 14.4. The fourth-order valence-corrected chi connectivity index (χ4v) is 4.47. The molecule has 2 aromatic heterocycles. The van der Waals surface area contributed by atoms with Crippen molar-refractivity contribution in [3.63, 3.8) is 0 Å². The summed E-state index contributed by atoms with van der Waals surface area (Å²) in [6.07, 6.45) is 2.00. The number of amides is 2. The Labute approximate surface area is 213 Å². The molecule has 0 fully saturated rings. The SMILES string of the molecule is O=C(O)c1ccc2c(c1)CC[C@@H]2NC(=O)c1cc(C(=O)NCc2ccc(F)c(Cl)c2)nc2c(F)cnn12. The number of carboxylic acids is 1. The van der Waals surface area contributed by atoms with Gasteiger partial charge in [-0.05, 0) is 53.8 Å². The molecule has 0 bridgehead atoms. The van der Waals surface area contributed by atoms with Gasteiger partial charge in [0.25, 0.3) is 11.8 Å². The molecule has 5 rings (SSSR count).